The van der Waals surface area contributed by atoms with Gasteiger partial charge in [0.2, 0.25) is 0 Å². The van der Waals surface area contributed by atoms with E-state index in [1.165, 1.54) is 5.56 Å². The van der Waals surface area contributed by atoms with Crippen LogP contribution in [0.5, 0.6) is 0 Å². The summed E-state index contributed by atoms with van der Waals surface area (Å²) < 4.78 is 0. The molecule has 0 aliphatic carbocycles. The van der Waals surface area contributed by atoms with Crippen LogP contribution in [-0.2, 0) is 17.9 Å². The maximum absolute atomic E-state index is 12.0. The second kappa shape index (κ2) is 9.21. The third-order valence-electron chi connectivity index (χ3n) is 4.15. The van der Waals surface area contributed by atoms with Crippen LogP contribution < -0.4 is 5.32 Å². The summed E-state index contributed by atoms with van der Waals surface area (Å²) in [6, 6.07) is 17.2. The van der Waals surface area contributed by atoms with Gasteiger partial charge in [-0.25, -0.2) is 0 Å². The Morgan fingerprint density at radius 1 is 1.00 bits per heavy atom. The molecule has 0 saturated carbocycles. The molecule has 0 radical (unpaired) electrons. The van der Waals surface area contributed by atoms with Crippen LogP contribution in [0.3, 0.4) is 0 Å². The van der Waals surface area contributed by atoms with Gasteiger partial charge in [0.05, 0.1) is 0 Å². The van der Waals surface area contributed by atoms with Gasteiger partial charge in [0.1, 0.15) is 0 Å². The lowest BCUT2D eigenvalue weighted by Crippen LogP contribution is -2.28. The van der Waals surface area contributed by atoms with Gasteiger partial charge >= 0.3 is 0 Å². The van der Waals surface area contributed by atoms with E-state index in [4.69, 9.17) is 0 Å². The Morgan fingerprint density at radius 2 is 1.58 bits per heavy atom. The highest BCUT2D eigenvalue weighted by Crippen LogP contribution is 2.12. The molecule has 0 heterocycles. The zero-order valence-corrected chi connectivity index (χ0v) is 14.4. The molecule has 2 aromatic carbocycles. The van der Waals surface area contributed by atoms with E-state index < -0.39 is 6.10 Å². The highest BCUT2D eigenvalue weighted by Gasteiger charge is 2.16. The van der Waals surface area contributed by atoms with Gasteiger partial charge in [-0.15, -0.1) is 0 Å². The van der Waals surface area contributed by atoms with Gasteiger partial charge in [-0.05, 0) is 29.8 Å². The molecule has 0 aliphatic heterocycles. The zero-order valence-electron chi connectivity index (χ0n) is 14.4. The molecule has 0 spiro atoms. The van der Waals surface area contributed by atoms with Crippen molar-refractivity contribution >= 4 is 5.91 Å². The van der Waals surface area contributed by atoms with Crippen molar-refractivity contribution in [1.29, 1.82) is 0 Å². The van der Waals surface area contributed by atoms with E-state index >= 15 is 0 Å². The van der Waals surface area contributed by atoms with Gasteiger partial charge in [0.25, 0.3) is 5.91 Å². The minimum absolute atomic E-state index is 0.381. The van der Waals surface area contributed by atoms with E-state index in [-0.39, 0.29) is 5.91 Å². The molecule has 0 saturated heterocycles. The molecule has 0 aliphatic rings. The summed E-state index contributed by atoms with van der Waals surface area (Å²) in [6.07, 6.45) is -1.13. The monoisotopic (exact) mass is 326 g/mol. The lowest BCUT2D eigenvalue weighted by atomic mass is 10.1. The summed E-state index contributed by atoms with van der Waals surface area (Å²) in [7, 11) is 0. The summed E-state index contributed by atoms with van der Waals surface area (Å²) in [6.45, 7) is 7.73. The summed E-state index contributed by atoms with van der Waals surface area (Å²) in [4.78, 5) is 14.4. The minimum atomic E-state index is -1.13. The molecule has 24 heavy (non-hydrogen) atoms. The minimum Gasteiger partial charge on any atom is -0.378 e. The Labute approximate surface area is 144 Å². The Hall–Kier alpha value is -2.17. The number of aliphatic hydroxyl groups is 1. The zero-order chi connectivity index (χ0) is 17.4. The molecule has 1 atom stereocenters. The van der Waals surface area contributed by atoms with Crippen molar-refractivity contribution in [1.82, 2.24) is 10.2 Å². The van der Waals surface area contributed by atoms with Gasteiger partial charge in [-0.3, -0.25) is 9.69 Å². The number of carbonyl (C=O) groups is 1. The van der Waals surface area contributed by atoms with E-state index in [1.807, 2.05) is 18.2 Å². The predicted octanol–water partition coefficient (Wildman–Crippen LogP) is 2.88. The Balaban J connectivity index is 1.87. The van der Waals surface area contributed by atoms with E-state index in [0.717, 1.165) is 25.2 Å². The highest BCUT2D eigenvalue weighted by molar-refractivity contribution is 5.81. The summed E-state index contributed by atoms with van der Waals surface area (Å²) >= 11 is 0. The molecule has 2 rings (SSSR count). The van der Waals surface area contributed by atoms with Gasteiger partial charge in [-0.1, -0.05) is 68.4 Å². The third-order valence-corrected chi connectivity index (χ3v) is 4.15. The van der Waals surface area contributed by atoms with Crippen LogP contribution >= 0.6 is 0 Å². The van der Waals surface area contributed by atoms with Crippen LogP contribution in [-0.4, -0.2) is 29.0 Å². The Bertz CT molecular complexity index is 622. The van der Waals surface area contributed by atoms with Crippen LogP contribution in [0, 0.1) is 0 Å². The summed E-state index contributed by atoms with van der Waals surface area (Å²) in [5, 5.41) is 12.8. The molecule has 2 aromatic rings. The molecule has 2 N–H and O–H groups in total. The fraction of sp³-hybridized carbons (Fsp3) is 0.350. The average molecular weight is 326 g/mol. The highest BCUT2D eigenvalue weighted by atomic mass is 16.3. The molecular weight excluding hydrogens is 300 g/mol. The Kier molecular flexibility index (Phi) is 6.97. The average Bonchev–Trinajstić information content (AvgIpc) is 2.65. The molecule has 0 bridgehead atoms. The number of nitrogens with zero attached hydrogens (tertiary/aromatic N) is 1. The van der Waals surface area contributed by atoms with Crippen molar-refractivity contribution in [2.75, 3.05) is 13.1 Å². The van der Waals surface area contributed by atoms with Crippen molar-refractivity contribution in [3.63, 3.8) is 0 Å². The maximum atomic E-state index is 12.0. The first-order valence-electron chi connectivity index (χ1n) is 8.45. The predicted molar refractivity (Wildman–Crippen MR) is 96.3 cm³/mol. The van der Waals surface area contributed by atoms with Crippen molar-refractivity contribution in [2.45, 2.75) is 33.0 Å². The first-order chi connectivity index (χ1) is 11.6. The number of hydrogen-bond donors (Lipinski definition) is 2. The second-order valence-corrected chi connectivity index (χ2v) is 5.81. The van der Waals surface area contributed by atoms with Crippen molar-refractivity contribution in [3.8, 4) is 0 Å². The summed E-state index contributed by atoms with van der Waals surface area (Å²) in [5.41, 5.74) is 2.88. The van der Waals surface area contributed by atoms with Gasteiger partial charge in [-0.2, -0.15) is 0 Å². The maximum Gasteiger partial charge on any atom is 0.253 e. The molecule has 1 unspecified atom stereocenters. The molecule has 4 heteroatoms. The Morgan fingerprint density at radius 3 is 2.17 bits per heavy atom. The number of aliphatic hydroxyl groups excluding tert-OH is 1. The van der Waals surface area contributed by atoms with Crippen molar-refractivity contribution < 1.29 is 9.90 Å². The number of hydrogen-bond acceptors (Lipinski definition) is 3. The number of carbonyl (C=O) groups excluding carboxylic acids is 1. The van der Waals surface area contributed by atoms with Gasteiger partial charge < -0.3 is 10.4 Å². The van der Waals surface area contributed by atoms with Crippen LogP contribution in [0.1, 0.15) is 36.6 Å². The van der Waals surface area contributed by atoms with Crippen LogP contribution in [0.25, 0.3) is 0 Å². The second-order valence-electron chi connectivity index (χ2n) is 5.81. The first kappa shape index (κ1) is 18.2. The van der Waals surface area contributed by atoms with Gasteiger partial charge in [0.15, 0.2) is 6.10 Å². The fourth-order valence-corrected chi connectivity index (χ4v) is 2.54. The molecule has 0 aromatic heterocycles. The molecular formula is C20H26N2O2. The third kappa shape index (κ3) is 5.18. The standard InChI is InChI=1S/C20H26N2O2/c1-3-22(4-2)15-17-12-10-16(11-13-17)14-21-20(24)19(23)18-8-6-5-7-9-18/h5-13,19,23H,3-4,14-15H2,1-2H3,(H,21,24). The molecule has 1 amide bonds. The van der Waals surface area contributed by atoms with Gasteiger partial charge in [0, 0.05) is 13.1 Å². The topological polar surface area (TPSA) is 52.6 Å². The van der Waals surface area contributed by atoms with Crippen molar-refractivity contribution in [2.24, 2.45) is 0 Å². The quantitative estimate of drug-likeness (QED) is 0.784. The molecule has 0 fully saturated rings. The van der Waals surface area contributed by atoms with E-state index in [2.05, 4.69) is 36.2 Å². The van der Waals surface area contributed by atoms with Crippen molar-refractivity contribution in [3.05, 3.63) is 71.3 Å². The van der Waals surface area contributed by atoms with Crippen LogP contribution in [0.15, 0.2) is 54.6 Å². The fourth-order valence-electron chi connectivity index (χ4n) is 2.54. The number of rotatable bonds is 8. The SMILES string of the molecule is CCN(CC)Cc1ccc(CNC(=O)C(O)c2ccccc2)cc1. The smallest absolute Gasteiger partial charge is 0.253 e. The van der Waals surface area contributed by atoms with Crippen LogP contribution in [0.2, 0.25) is 0 Å². The van der Waals surface area contributed by atoms with Crippen LogP contribution in [0.4, 0.5) is 0 Å². The normalized spacial score (nSPS) is 12.2. The van der Waals surface area contributed by atoms with E-state index in [1.54, 1.807) is 24.3 Å². The van der Waals surface area contributed by atoms with E-state index in [9.17, 15) is 9.90 Å². The lowest BCUT2D eigenvalue weighted by Gasteiger charge is -2.18. The number of amides is 1. The van der Waals surface area contributed by atoms with E-state index in [0.29, 0.717) is 12.1 Å². The number of benzene rings is 2. The lowest BCUT2D eigenvalue weighted by molar-refractivity contribution is -0.129. The number of nitrogens with one attached hydrogen (secondary N) is 1. The summed E-state index contributed by atoms with van der Waals surface area (Å²) in [5.74, 6) is -0.381. The first-order valence-corrected chi connectivity index (χ1v) is 8.45. The largest absolute Gasteiger partial charge is 0.378 e. The molecule has 4 nitrogen and oxygen atoms in total. The molecule has 128 valence electrons.